The molecule has 234 valence electrons. The zero-order chi connectivity index (χ0) is 31.8. The molecule has 0 bridgehead atoms. The molecule has 0 saturated heterocycles. The summed E-state index contributed by atoms with van der Waals surface area (Å²) >= 11 is 0. The molecule has 0 aliphatic carbocycles. The first kappa shape index (κ1) is 34.6. The molecule has 43 heavy (non-hydrogen) atoms. The molecule has 0 aromatic heterocycles. The van der Waals surface area contributed by atoms with E-state index in [2.05, 4.69) is 10.6 Å². The smallest absolute Gasteiger partial charge is 0.408 e. The van der Waals surface area contributed by atoms with E-state index < -0.39 is 60.8 Å². The highest BCUT2D eigenvalue weighted by atomic mass is 16.6. The molecule has 0 aliphatic heterocycles. The largest absolute Gasteiger partial charge is 0.478 e. The van der Waals surface area contributed by atoms with Crippen molar-refractivity contribution >= 4 is 30.1 Å². The van der Waals surface area contributed by atoms with Crippen LogP contribution in [0.15, 0.2) is 60.7 Å². The summed E-state index contributed by atoms with van der Waals surface area (Å²) in [5.41, 5.74) is 1.49. The minimum absolute atomic E-state index is 0.0167. The summed E-state index contributed by atoms with van der Waals surface area (Å²) in [6, 6.07) is 15.5. The lowest BCUT2D eigenvalue weighted by Crippen LogP contribution is -2.49. The van der Waals surface area contributed by atoms with Crippen LogP contribution in [0.25, 0.3) is 0 Å². The van der Waals surface area contributed by atoms with Crippen LogP contribution in [-0.4, -0.2) is 60.0 Å². The molecule has 2 aromatic rings. The predicted octanol–water partition coefficient (Wildman–Crippen LogP) is 4.21. The fourth-order valence-electron chi connectivity index (χ4n) is 3.74. The van der Waals surface area contributed by atoms with Crippen molar-refractivity contribution in [3.63, 3.8) is 0 Å². The molecule has 0 unspecified atom stereocenters. The lowest BCUT2D eigenvalue weighted by Gasteiger charge is -2.25. The summed E-state index contributed by atoms with van der Waals surface area (Å²) in [6.07, 6.45) is -2.67. The Bertz CT molecular complexity index is 1190. The Morgan fingerprint density at radius 2 is 1.09 bits per heavy atom. The minimum Gasteiger partial charge on any atom is -0.478 e. The van der Waals surface area contributed by atoms with Crippen molar-refractivity contribution in [1.29, 1.82) is 0 Å². The van der Waals surface area contributed by atoms with Crippen molar-refractivity contribution in [2.75, 3.05) is 6.61 Å². The minimum atomic E-state index is -1.87. The van der Waals surface area contributed by atoms with Gasteiger partial charge >= 0.3 is 30.1 Å². The number of carbonyl (C=O) groups is 5. The van der Waals surface area contributed by atoms with Gasteiger partial charge in [-0.15, -0.1) is 0 Å². The second-order valence-electron chi connectivity index (χ2n) is 10.0. The zero-order valence-corrected chi connectivity index (χ0v) is 24.8. The maximum Gasteiger partial charge on any atom is 0.408 e. The van der Waals surface area contributed by atoms with E-state index in [0.29, 0.717) is 12.8 Å². The first-order valence-electron chi connectivity index (χ1n) is 14.1. The molecule has 0 radical (unpaired) electrons. The molecule has 12 heteroatoms. The fraction of sp³-hybridized carbons (Fsp3) is 0.452. The standard InChI is InChI=1S/C31H40N2O10/c1-5-20(3)25(32-30(38)41-17-22-13-9-7-10-14-22)28(36)40-19-24(27(34)35)43-29(37)26(21(4)6-2)33-31(39)42-18-23-15-11-8-12-16-23/h7-16,20-21,24-26H,5-6,17-19H2,1-4H3,(H,32,38)(H,33,39)(H,34,35)/t20-,21-,24+,25-,26-/m0/s1. The van der Waals surface area contributed by atoms with Crippen LogP contribution >= 0.6 is 0 Å². The van der Waals surface area contributed by atoms with E-state index in [4.69, 9.17) is 18.9 Å². The van der Waals surface area contributed by atoms with Gasteiger partial charge in [0.05, 0.1) is 0 Å². The van der Waals surface area contributed by atoms with Crippen molar-refractivity contribution < 1.29 is 48.0 Å². The number of alkyl carbamates (subject to hydrolysis) is 2. The Morgan fingerprint density at radius 3 is 1.49 bits per heavy atom. The Labute approximate surface area is 251 Å². The van der Waals surface area contributed by atoms with E-state index in [1.807, 2.05) is 12.1 Å². The normalized spacial score (nSPS) is 14.1. The number of aliphatic carboxylic acids is 1. The monoisotopic (exact) mass is 600 g/mol. The van der Waals surface area contributed by atoms with Crippen LogP contribution in [0.5, 0.6) is 0 Å². The SMILES string of the molecule is CC[C@H](C)[C@H](NC(=O)OCc1ccccc1)C(=O)OC[C@@H](OC(=O)[C@@H](NC(=O)OCc1ccccc1)[C@@H](C)CC)C(=O)O. The van der Waals surface area contributed by atoms with Crippen molar-refractivity contribution in [2.24, 2.45) is 11.8 Å². The van der Waals surface area contributed by atoms with Gasteiger partial charge in [0.1, 0.15) is 31.9 Å². The third-order valence-electron chi connectivity index (χ3n) is 6.82. The van der Waals surface area contributed by atoms with E-state index >= 15 is 0 Å². The molecule has 12 nitrogen and oxygen atoms in total. The number of benzene rings is 2. The van der Waals surface area contributed by atoms with Gasteiger partial charge in [-0.05, 0) is 23.0 Å². The van der Waals surface area contributed by atoms with Crippen LogP contribution in [0.1, 0.15) is 51.7 Å². The Kier molecular flexibility index (Phi) is 14.5. The van der Waals surface area contributed by atoms with Crippen molar-refractivity contribution in [3.8, 4) is 0 Å². The first-order chi connectivity index (χ1) is 20.5. The van der Waals surface area contributed by atoms with E-state index in [9.17, 15) is 29.1 Å². The molecule has 0 spiro atoms. The average Bonchev–Trinajstić information content (AvgIpc) is 3.02. The summed E-state index contributed by atoms with van der Waals surface area (Å²) in [6.45, 7) is 6.10. The quantitative estimate of drug-likeness (QED) is 0.188. The average molecular weight is 601 g/mol. The van der Waals surface area contributed by atoms with Gasteiger partial charge in [-0.25, -0.2) is 24.0 Å². The molecule has 2 amide bonds. The molecule has 0 saturated carbocycles. The van der Waals surface area contributed by atoms with Gasteiger partial charge in [-0.2, -0.15) is 0 Å². The van der Waals surface area contributed by atoms with Gasteiger partial charge in [0.15, 0.2) is 0 Å². The number of hydrogen-bond acceptors (Lipinski definition) is 9. The lowest BCUT2D eigenvalue weighted by atomic mass is 9.99. The zero-order valence-electron chi connectivity index (χ0n) is 24.8. The maximum atomic E-state index is 13.0. The van der Waals surface area contributed by atoms with Gasteiger partial charge in [0.25, 0.3) is 0 Å². The third-order valence-corrected chi connectivity index (χ3v) is 6.82. The number of carboxylic acids is 1. The van der Waals surface area contributed by atoms with Crippen molar-refractivity contribution in [2.45, 2.75) is 71.9 Å². The highest BCUT2D eigenvalue weighted by Gasteiger charge is 2.34. The van der Waals surface area contributed by atoms with Crippen LogP contribution in [0.3, 0.4) is 0 Å². The fourth-order valence-corrected chi connectivity index (χ4v) is 3.74. The van der Waals surface area contributed by atoms with E-state index in [-0.39, 0.29) is 19.1 Å². The topological polar surface area (TPSA) is 167 Å². The number of amides is 2. The predicted molar refractivity (Wildman–Crippen MR) is 154 cm³/mol. The van der Waals surface area contributed by atoms with Crippen LogP contribution in [0, 0.1) is 11.8 Å². The number of hydrogen-bond donors (Lipinski definition) is 3. The first-order valence-corrected chi connectivity index (χ1v) is 14.1. The van der Waals surface area contributed by atoms with Crippen molar-refractivity contribution in [3.05, 3.63) is 71.8 Å². The molecule has 2 rings (SSSR count). The Hall–Kier alpha value is -4.61. The number of carboxylic acid groups (broad SMARTS) is 1. The van der Waals surface area contributed by atoms with Gasteiger partial charge in [-0.1, -0.05) is 101 Å². The van der Waals surface area contributed by atoms with E-state index in [1.165, 1.54) is 0 Å². The van der Waals surface area contributed by atoms with Crippen LogP contribution in [0.2, 0.25) is 0 Å². The molecule has 2 aromatic carbocycles. The number of rotatable bonds is 16. The van der Waals surface area contributed by atoms with Gasteiger partial charge in [-0.3, -0.25) is 0 Å². The molecule has 5 atom stereocenters. The van der Waals surface area contributed by atoms with E-state index in [1.54, 1.807) is 76.2 Å². The van der Waals surface area contributed by atoms with Gasteiger partial charge < -0.3 is 34.7 Å². The molecular weight excluding hydrogens is 560 g/mol. The van der Waals surface area contributed by atoms with Crippen molar-refractivity contribution in [1.82, 2.24) is 10.6 Å². The van der Waals surface area contributed by atoms with Gasteiger partial charge in [0, 0.05) is 0 Å². The maximum absolute atomic E-state index is 13.0. The molecule has 0 heterocycles. The molecule has 3 N–H and O–H groups in total. The summed E-state index contributed by atoms with van der Waals surface area (Å²) in [4.78, 5) is 62.5. The molecular formula is C31H40N2O10. The summed E-state index contributed by atoms with van der Waals surface area (Å²) in [5, 5.41) is 14.6. The number of carbonyl (C=O) groups excluding carboxylic acids is 4. The highest BCUT2D eigenvalue weighted by molar-refractivity contribution is 5.85. The number of esters is 2. The molecule has 0 fully saturated rings. The Morgan fingerprint density at radius 1 is 0.674 bits per heavy atom. The third kappa shape index (κ3) is 12.0. The second kappa shape index (κ2) is 18.0. The summed E-state index contributed by atoms with van der Waals surface area (Å²) in [7, 11) is 0. The van der Waals surface area contributed by atoms with Crippen LogP contribution < -0.4 is 10.6 Å². The lowest BCUT2D eigenvalue weighted by molar-refractivity contribution is -0.173. The number of nitrogens with one attached hydrogen (secondary N) is 2. The molecule has 0 aliphatic rings. The second-order valence-corrected chi connectivity index (χ2v) is 10.0. The van der Waals surface area contributed by atoms with Crippen LogP contribution in [0.4, 0.5) is 9.59 Å². The van der Waals surface area contributed by atoms with E-state index in [0.717, 1.165) is 11.1 Å². The summed E-state index contributed by atoms with van der Waals surface area (Å²) < 4.78 is 20.7. The summed E-state index contributed by atoms with van der Waals surface area (Å²) in [5.74, 6) is -4.34. The Balaban J connectivity index is 1.98. The van der Waals surface area contributed by atoms with Gasteiger partial charge in [0.2, 0.25) is 6.10 Å². The van der Waals surface area contributed by atoms with Crippen LogP contribution in [-0.2, 0) is 46.5 Å². The number of ether oxygens (including phenoxy) is 4. The highest BCUT2D eigenvalue weighted by Crippen LogP contribution is 2.14.